The van der Waals surface area contributed by atoms with Crippen LogP contribution in [-0.4, -0.2) is 28.2 Å². The molecule has 0 atom stereocenters. The highest BCUT2D eigenvalue weighted by Crippen LogP contribution is 2.14. The van der Waals surface area contributed by atoms with Crippen molar-refractivity contribution in [1.29, 1.82) is 0 Å². The van der Waals surface area contributed by atoms with Crippen molar-refractivity contribution in [3.05, 3.63) is 36.4 Å². The van der Waals surface area contributed by atoms with Crippen LogP contribution in [0.1, 0.15) is 12.6 Å². The van der Waals surface area contributed by atoms with Crippen molar-refractivity contribution in [2.75, 3.05) is 11.9 Å². The van der Waals surface area contributed by atoms with Crippen molar-refractivity contribution >= 4 is 5.82 Å². The summed E-state index contributed by atoms with van der Waals surface area (Å²) in [4.78, 5) is 12.0. The highest BCUT2D eigenvalue weighted by molar-refractivity contribution is 5.37. The number of hydrogen-bond acceptors (Lipinski definition) is 6. The number of nitrogens with one attached hydrogen (secondary N) is 1. The summed E-state index contributed by atoms with van der Waals surface area (Å²) in [5, 5.41) is 3.04. The second kappa shape index (κ2) is 7.32. The quantitative estimate of drug-likeness (QED) is 0.846. The summed E-state index contributed by atoms with van der Waals surface area (Å²) < 4.78 is 33.5. The fourth-order valence-electron chi connectivity index (χ4n) is 1.53. The molecule has 2 rings (SSSR count). The van der Waals surface area contributed by atoms with Crippen LogP contribution in [0.2, 0.25) is 0 Å². The van der Waals surface area contributed by atoms with Crippen LogP contribution < -0.4 is 14.8 Å². The number of pyridine rings is 1. The summed E-state index contributed by atoms with van der Waals surface area (Å²) in [6.45, 7) is -0.0858. The minimum atomic E-state index is -2.85. The van der Waals surface area contributed by atoms with Crippen molar-refractivity contribution in [2.45, 2.75) is 20.1 Å². The van der Waals surface area contributed by atoms with E-state index in [1.165, 1.54) is 18.6 Å². The third kappa shape index (κ3) is 4.83. The molecule has 0 aromatic carbocycles. The van der Waals surface area contributed by atoms with Gasteiger partial charge in [0.1, 0.15) is 17.9 Å². The van der Waals surface area contributed by atoms with Crippen molar-refractivity contribution < 1.29 is 18.3 Å². The van der Waals surface area contributed by atoms with E-state index in [0.29, 0.717) is 30.5 Å². The van der Waals surface area contributed by atoms with E-state index in [1.807, 2.05) is 6.92 Å². The molecule has 0 bridgehead atoms. The van der Waals surface area contributed by atoms with E-state index in [-0.39, 0.29) is 5.75 Å². The van der Waals surface area contributed by atoms with E-state index in [1.54, 1.807) is 12.1 Å². The molecule has 2 aromatic rings. The van der Waals surface area contributed by atoms with Gasteiger partial charge in [0.15, 0.2) is 0 Å². The molecule has 0 aliphatic carbocycles. The zero-order valence-electron chi connectivity index (χ0n) is 11.3. The maximum absolute atomic E-state index is 12.0. The summed E-state index contributed by atoms with van der Waals surface area (Å²) in [6, 6.07) is 4.69. The van der Waals surface area contributed by atoms with E-state index in [0.717, 1.165) is 0 Å². The molecule has 0 saturated carbocycles. The van der Waals surface area contributed by atoms with Gasteiger partial charge in [-0.05, 0) is 19.1 Å². The van der Waals surface area contributed by atoms with Gasteiger partial charge in [-0.15, -0.1) is 0 Å². The number of aromatic nitrogens is 3. The van der Waals surface area contributed by atoms with Gasteiger partial charge in [-0.25, -0.2) is 9.97 Å². The lowest BCUT2D eigenvalue weighted by molar-refractivity contribution is -0.0500. The van der Waals surface area contributed by atoms with Gasteiger partial charge >= 0.3 is 6.61 Å². The highest BCUT2D eigenvalue weighted by Gasteiger charge is 2.05. The van der Waals surface area contributed by atoms with E-state index >= 15 is 0 Å². The fourth-order valence-corrected chi connectivity index (χ4v) is 1.53. The lowest BCUT2D eigenvalue weighted by atomic mass is 10.3. The zero-order chi connectivity index (χ0) is 15.1. The molecule has 6 nitrogen and oxygen atoms in total. The molecule has 2 heterocycles. The Labute approximate surface area is 120 Å². The van der Waals surface area contributed by atoms with E-state index in [9.17, 15) is 8.78 Å². The van der Waals surface area contributed by atoms with Crippen LogP contribution in [-0.2, 0) is 6.54 Å². The topological polar surface area (TPSA) is 69.2 Å². The first-order valence-corrected chi connectivity index (χ1v) is 6.26. The predicted molar refractivity (Wildman–Crippen MR) is 71.4 cm³/mol. The summed E-state index contributed by atoms with van der Waals surface area (Å²) in [6.07, 6.45) is 2.63. The Morgan fingerprint density at radius 2 is 2.10 bits per heavy atom. The second-order valence-electron chi connectivity index (χ2n) is 3.89. The molecule has 1 N–H and O–H groups in total. The molecule has 8 heteroatoms. The zero-order valence-corrected chi connectivity index (χ0v) is 11.3. The third-order valence-electron chi connectivity index (χ3n) is 2.41. The largest absolute Gasteiger partial charge is 0.478 e. The van der Waals surface area contributed by atoms with Gasteiger partial charge in [0.2, 0.25) is 5.88 Å². The summed E-state index contributed by atoms with van der Waals surface area (Å²) >= 11 is 0. The van der Waals surface area contributed by atoms with Gasteiger partial charge in [-0.1, -0.05) is 0 Å². The van der Waals surface area contributed by atoms with Crippen LogP contribution in [0.25, 0.3) is 0 Å². The van der Waals surface area contributed by atoms with Gasteiger partial charge in [-0.3, -0.25) is 4.98 Å². The van der Waals surface area contributed by atoms with Crippen LogP contribution in [0.5, 0.6) is 11.6 Å². The van der Waals surface area contributed by atoms with Crippen molar-refractivity contribution in [3.8, 4) is 11.6 Å². The first-order valence-electron chi connectivity index (χ1n) is 6.26. The molecular weight excluding hydrogens is 282 g/mol. The van der Waals surface area contributed by atoms with Gasteiger partial charge in [0.05, 0.1) is 25.0 Å². The molecule has 0 radical (unpaired) electrons. The minimum Gasteiger partial charge on any atom is -0.478 e. The Morgan fingerprint density at radius 1 is 1.24 bits per heavy atom. The van der Waals surface area contributed by atoms with Crippen LogP contribution in [0.4, 0.5) is 14.6 Å². The summed E-state index contributed by atoms with van der Waals surface area (Å²) in [5.74, 6) is 1.08. The van der Waals surface area contributed by atoms with E-state index in [2.05, 4.69) is 25.0 Å². The Bertz CT molecular complexity index is 566. The maximum atomic E-state index is 12.0. The molecule has 0 fully saturated rings. The first-order chi connectivity index (χ1) is 10.2. The Morgan fingerprint density at radius 3 is 2.76 bits per heavy atom. The van der Waals surface area contributed by atoms with Crippen molar-refractivity contribution in [1.82, 2.24) is 15.0 Å². The summed E-state index contributed by atoms with van der Waals surface area (Å²) in [7, 11) is 0. The first kappa shape index (κ1) is 14.9. The number of alkyl halides is 2. The number of nitrogens with zero attached hydrogens (tertiary/aromatic N) is 3. The van der Waals surface area contributed by atoms with Crippen LogP contribution in [0, 0.1) is 0 Å². The van der Waals surface area contributed by atoms with E-state index < -0.39 is 6.61 Å². The second-order valence-corrected chi connectivity index (χ2v) is 3.89. The van der Waals surface area contributed by atoms with Crippen LogP contribution in [0.15, 0.2) is 30.7 Å². The molecule has 0 spiro atoms. The molecule has 0 saturated heterocycles. The van der Waals surface area contributed by atoms with Gasteiger partial charge in [0, 0.05) is 6.07 Å². The van der Waals surface area contributed by atoms with Crippen molar-refractivity contribution in [3.63, 3.8) is 0 Å². The Balaban J connectivity index is 1.91. The van der Waals surface area contributed by atoms with Crippen LogP contribution in [0.3, 0.4) is 0 Å². The highest BCUT2D eigenvalue weighted by atomic mass is 19.3. The monoisotopic (exact) mass is 296 g/mol. The standard InChI is InChI=1S/C13H14F2N4O2/c1-2-20-12-5-11(18-8-19-12)17-6-9-3-4-10(7-16-9)21-13(14)15/h3-5,7-8,13H,2,6H2,1H3,(H,17,18,19). The average molecular weight is 296 g/mol. The average Bonchev–Trinajstić information content (AvgIpc) is 2.47. The number of rotatable bonds is 7. The van der Waals surface area contributed by atoms with Crippen LogP contribution >= 0.6 is 0 Å². The van der Waals surface area contributed by atoms with Gasteiger partial charge in [0.25, 0.3) is 0 Å². The van der Waals surface area contributed by atoms with Gasteiger partial charge in [-0.2, -0.15) is 8.78 Å². The molecular formula is C13H14F2N4O2. The molecule has 0 unspecified atom stereocenters. The Kier molecular flexibility index (Phi) is 5.19. The lowest BCUT2D eigenvalue weighted by Crippen LogP contribution is -2.06. The molecule has 0 amide bonds. The minimum absolute atomic E-state index is 0.0226. The SMILES string of the molecule is CCOc1cc(NCc2ccc(OC(F)F)cn2)ncn1. The third-order valence-corrected chi connectivity index (χ3v) is 2.41. The Hall–Kier alpha value is -2.51. The lowest BCUT2D eigenvalue weighted by Gasteiger charge is -2.08. The fraction of sp³-hybridized carbons (Fsp3) is 0.308. The van der Waals surface area contributed by atoms with E-state index in [4.69, 9.17) is 4.74 Å². The van der Waals surface area contributed by atoms with Crippen molar-refractivity contribution in [2.24, 2.45) is 0 Å². The molecule has 0 aliphatic rings. The molecule has 2 aromatic heterocycles. The number of anilines is 1. The number of halogens is 2. The number of ether oxygens (including phenoxy) is 2. The normalized spacial score (nSPS) is 10.5. The summed E-state index contributed by atoms with van der Waals surface area (Å²) in [5.41, 5.74) is 0.660. The molecule has 0 aliphatic heterocycles. The predicted octanol–water partition coefficient (Wildman–Crippen LogP) is 2.48. The number of hydrogen-bond donors (Lipinski definition) is 1. The molecule has 21 heavy (non-hydrogen) atoms. The maximum Gasteiger partial charge on any atom is 0.387 e. The smallest absolute Gasteiger partial charge is 0.387 e. The molecule has 112 valence electrons. The van der Waals surface area contributed by atoms with Gasteiger partial charge < -0.3 is 14.8 Å².